The molecule has 0 amide bonds. The fourth-order valence-electron chi connectivity index (χ4n) is 6.05. The monoisotopic (exact) mass is 478 g/mol. The van der Waals surface area contributed by atoms with Crippen LogP contribution < -0.4 is 5.32 Å². The second-order valence-electron chi connectivity index (χ2n) is 11.8. The van der Waals surface area contributed by atoms with Crippen LogP contribution in [-0.4, -0.2) is 49.3 Å². The number of hydrogen-bond donors (Lipinski definition) is 1. The van der Waals surface area contributed by atoms with Gasteiger partial charge in [0.05, 0.1) is 6.10 Å². The van der Waals surface area contributed by atoms with Gasteiger partial charge < -0.3 is 15.0 Å². The molecular formula is C31H62N2O. The first-order chi connectivity index (χ1) is 16.7. The van der Waals surface area contributed by atoms with E-state index in [0.717, 1.165) is 24.5 Å². The molecule has 0 aromatic carbocycles. The molecule has 3 nitrogen and oxygen atoms in total. The van der Waals surface area contributed by atoms with Gasteiger partial charge in [0.2, 0.25) is 0 Å². The Morgan fingerprint density at radius 3 is 2.06 bits per heavy atom. The molecule has 2 aliphatic rings. The maximum absolute atomic E-state index is 6.36. The van der Waals surface area contributed by atoms with E-state index in [1.54, 1.807) is 0 Å². The normalized spacial score (nSPS) is 23.6. The fourth-order valence-corrected chi connectivity index (χ4v) is 6.05. The van der Waals surface area contributed by atoms with Crippen LogP contribution in [0.1, 0.15) is 143 Å². The molecule has 2 fully saturated rings. The van der Waals surface area contributed by atoms with E-state index >= 15 is 0 Å². The summed E-state index contributed by atoms with van der Waals surface area (Å²) < 4.78 is 6.36. The van der Waals surface area contributed by atoms with Crippen molar-refractivity contribution in [3.63, 3.8) is 0 Å². The molecule has 1 aliphatic heterocycles. The largest absolute Gasteiger partial charge is 0.378 e. The van der Waals surface area contributed by atoms with Gasteiger partial charge in [-0.05, 0) is 76.3 Å². The molecule has 1 saturated heterocycles. The minimum atomic E-state index is 0.523. The Morgan fingerprint density at radius 1 is 0.765 bits per heavy atom. The quantitative estimate of drug-likeness (QED) is 0.168. The lowest BCUT2D eigenvalue weighted by atomic mass is 9.87. The van der Waals surface area contributed by atoms with Gasteiger partial charge in [-0.3, -0.25) is 0 Å². The molecule has 1 saturated carbocycles. The number of hydrogen-bond acceptors (Lipinski definition) is 3. The number of ether oxygens (including phenoxy) is 1. The van der Waals surface area contributed by atoms with E-state index in [-0.39, 0.29) is 0 Å². The van der Waals surface area contributed by atoms with Crippen molar-refractivity contribution in [2.45, 2.75) is 161 Å². The molecule has 0 radical (unpaired) electrons. The highest BCUT2D eigenvalue weighted by Crippen LogP contribution is 2.28. The second-order valence-corrected chi connectivity index (χ2v) is 11.8. The highest BCUT2D eigenvalue weighted by molar-refractivity contribution is 4.88. The van der Waals surface area contributed by atoms with Crippen LogP contribution in [-0.2, 0) is 4.74 Å². The van der Waals surface area contributed by atoms with Crippen LogP contribution in [0.25, 0.3) is 0 Å². The molecule has 34 heavy (non-hydrogen) atoms. The summed E-state index contributed by atoms with van der Waals surface area (Å²) in [6.07, 6.45) is 25.2. The molecule has 0 spiro atoms. The van der Waals surface area contributed by atoms with Crippen molar-refractivity contribution in [1.29, 1.82) is 0 Å². The average molecular weight is 479 g/mol. The number of piperidine rings is 1. The van der Waals surface area contributed by atoms with Crippen LogP contribution in [0.5, 0.6) is 0 Å². The van der Waals surface area contributed by atoms with E-state index < -0.39 is 0 Å². The summed E-state index contributed by atoms with van der Waals surface area (Å²) in [4.78, 5) is 2.78. The van der Waals surface area contributed by atoms with E-state index in [4.69, 9.17) is 4.74 Å². The highest BCUT2D eigenvalue weighted by atomic mass is 16.5. The number of nitrogens with one attached hydrogen (secondary N) is 1. The minimum Gasteiger partial charge on any atom is -0.378 e. The standard InChI is InChI=1S/C31H62N2O/c1-5-9-12-13-15-18-29(8-4)32-30-23-31(24-30)34-26-28-19-21-33(22-20-28)25-27(16-11-7-3)17-14-10-6-2/h27-32H,5-26H2,1-4H3. The number of unbranched alkanes of at least 4 members (excludes halogenated alkanes) is 7. The van der Waals surface area contributed by atoms with Gasteiger partial charge in [-0.25, -0.2) is 0 Å². The van der Waals surface area contributed by atoms with Gasteiger partial charge in [-0.2, -0.15) is 0 Å². The Hall–Kier alpha value is -0.120. The Labute approximate surface area is 214 Å². The van der Waals surface area contributed by atoms with Crippen LogP contribution in [0.15, 0.2) is 0 Å². The van der Waals surface area contributed by atoms with Crippen LogP contribution in [0, 0.1) is 11.8 Å². The van der Waals surface area contributed by atoms with Gasteiger partial charge in [0.1, 0.15) is 0 Å². The second kappa shape index (κ2) is 19.1. The first kappa shape index (κ1) is 30.1. The maximum atomic E-state index is 6.36. The Kier molecular flexibility index (Phi) is 16.9. The molecule has 2 unspecified atom stereocenters. The van der Waals surface area contributed by atoms with Crippen molar-refractivity contribution in [3.8, 4) is 0 Å². The summed E-state index contributed by atoms with van der Waals surface area (Å²) in [5.74, 6) is 1.73. The smallest absolute Gasteiger partial charge is 0.0605 e. The molecule has 0 aromatic heterocycles. The fraction of sp³-hybridized carbons (Fsp3) is 1.00. The van der Waals surface area contributed by atoms with Crippen LogP contribution >= 0.6 is 0 Å². The van der Waals surface area contributed by atoms with Gasteiger partial charge in [-0.15, -0.1) is 0 Å². The van der Waals surface area contributed by atoms with E-state index in [2.05, 4.69) is 37.9 Å². The molecule has 2 rings (SSSR count). The number of nitrogens with zero attached hydrogens (tertiary/aromatic N) is 1. The lowest BCUT2D eigenvalue weighted by Crippen LogP contribution is -2.49. The van der Waals surface area contributed by atoms with Crippen molar-refractivity contribution < 1.29 is 4.74 Å². The van der Waals surface area contributed by atoms with E-state index in [9.17, 15) is 0 Å². The zero-order valence-corrected chi connectivity index (χ0v) is 23.8. The van der Waals surface area contributed by atoms with E-state index in [1.807, 2.05) is 0 Å². The predicted molar refractivity (Wildman–Crippen MR) is 150 cm³/mol. The molecule has 1 heterocycles. The molecule has 2 atom stereocenters. The topological polar surface area (TPSA) is 24.5 Å². The molecular weight excluding hydrogens is 416 g/mol. The average Bonchev–Trinajstić information content (AvgIpc) is 2.83. The van der Waals surface area contributed by atoms with Crippen molar-refractivity contribution in [2.24, 2.45) is 11.8 Å². The lowest BCUT2D eigenvalue weighted by molar-refractivity contribution is -0.0429. The third-order valence-corrected chi connectivity index (χ3v) is 8.69. The van der Waals surface area contributed by atoms with Gasteiger partial charge in [0, 0.05) is 25.2 Å². The Bertz CT molecular complexity index is 456. The lowest BCUT2D eigenvalue weighted by Gasteiger charge is -2.40. The van der Waals surface area contributed by atoms with Gasteiger partial charge in [-0.1, -0.05) is 91.9 Å². The summed E-state index contributed by atoms with van der Waals surface area (Å²) in [6.45, 7) is 14.3. The van der Waals surface area contributed by atoms with Crippen LogP contribution in [0.2, 0.25) is 0 Å². The van der Waals surface area contributed by atoms with Crippen molar-refractivity contribution in [2.75, 3.05) is 26.2 Å². The molecule has 0 aromatic rings. The summed E-state index contributed by atoms with van der Waals surface area (Å²) in [7, 11) is 0. The first-order valence-corrected chi connectivity index (χ1v) is 15.8. The third kappa shape index (κ3) is 12.7. The molecule has 0 bridgehead atoms. The Balaban J connectivity index is 1.53. The third-order valence-electron chi connectivity index (χ3n) is 8.69. The summed E-state index contributed by atoms with van der Waals surface area (Å²) >= 11 is 0. The molecule has 3 heteroatoms. The zero-order valence-electron chi connectivity index (χ0n) is 23.8. The molecule has 1 N–H and O–H groups in total. The SMILES string of the molecule is CCCCCCCC(CC)NC1CC(OCC2CCN(CC(CCCC)CCCCC)CC2)C1. The van der Waals surface area contributed by atoms with Crippen LogP contribution in [0.4, 0.5) is 0 Å². The summed E-state index contributed by atoms with van der Waals surface area (Å²) in [6, 6.07) is 1.43. The van der Waals surface area contributed by atoms with Crippen molar-refractivity contribution in [1.82, 2.24) is 10.2 Å². The molecule has 1 aliphatic carbocycles. The van der Waals surface area contributed by atoms with Crippen molar-refractivity contribution in [3.05, 3.63) is 0 Å². The minimum absolute atomic E-state index is 0.523. The van der Waals surface area contributed by atoms with Gasteiger partial charge >= 0.3 is 0 Å². The highest BCUT2D eigenvalue weighted by Gasteiger charge is 2.32. The van der Waals surface area contributed by atoms with E-state index in [0.29, 0.717) is 12.1 Å². The summed E-state index contributed by atoms with van der Waals surface area (Å²) in [5, 5.41) is 3.93. The number of rotatable bonds is 21. The van der Waals surface area contributed by atoms with E-state index in [1.165, 1.54) is 135 Å². The number of likely N-dealkylation sites (tertiary alicyclic amines) is 1. The first-order valence-electron chi connectivity index (χ1n) is 15.8. The van der Waals surface area contributed by atoms with Gasteiger partial charge in [0.15, 0.2) is 0 Å². The summed E-state index contributed by atoms with van der Waals surface area (Å²) in [5.41, 5.74) is 0. The van der Waals surface area contributed by atoms with Crippen molar-refractivity contribution >= 4 is 0 Å². The predicted octanol–water partition coefficient (Wildman–Crippen LogP) is 8.36. The maximum Gasteiger partial charge on any atom is 0.0605 e. The Morgan fingerprint density at radius 2 is 1.38 bits per heavy atom. The van der Waals surface area contributed by atoms with Gasteiger partial charge in [0.25, 0.3) is 0 Å². The molecule has 202 valence electrons. The van der Waals surface area contributed by atoms with Crippen LogP contribution in [0.3, 0.4) is 0 Å². The zero-order chi connectivity index (χ0) is 24.4.